The number of esters is 1. The number of unbranched alkanes of at least 4 members (excludes halogenated alkanes) is 48. The zero-order valence-corrected chi connectivity index (χ0v) is 61.5. The lowest BCUT2D eigenvalue weighted by Crippen LogP contribution is -2.47. The van der Waals surface area contributed by atoms with Crippen molar-refractivity contribution in [2.45, 2.75) is 399 Å². The Kier molecular flexibility index (Phi) is 67.8. The first-order valence-electron chi connectivity index (χ1n) is 39.1. The molecule has 0 aromatic heterocycles. The third-order valence-corrected chi connectivity index (χ3v) is 18.7. The lowest BCUT2D eigenvalue weighted by Gasteiger charge is -2.30. The molecule has 0 aromatic rings. The first kappa shape index (κ1) is 87.7. The molecule has 0 spiro atoms. The van der Waals surface area contributed by atoms with Crippen LogP contribution in [0.3, 0.4) is 0 Å². The van der Waals surface area contributed by atoms with Crippen LogP contribution in [-0.2, 0) is 27.9 Å². The number of hydrogen-bond donors (Lipinski definition) is 1. The van der Waals surface area contributed by atoms with Gasteiger partial charge in [-0.3, -0.25) is 14.2 Å². The fraction of sp³-hybridized carbons (Fsp3) is 0.850. The molecule has 1 N–H and O–H groups in total. The quantitative estimate of drug-likeness (QED) is 0.0212. The molecule has 1 amide bonds. The van der Waals surface area contributed by atoms with Gasteiger partial charge in [0.25, 0.3) is 7.82 Å². The normalized spacial score (nSPS) is 13.7. The average Bonchev–Trinajstić information content (AvgIpc) is 3.11. The van der Waals surface area contributed by atoms with Crippen LogP contribution in [0.25, 0.3) is 0 Å². The maximum Gasteiger partial charge on any atom is 0.306 e. The number of likely N-dealkylation sites (N-methyl/N-ethyl adjacent to an activating group) is 1. The molecule has 0 rings (SSSR count). The summed E-state index contributed by atoms with van der Waals surface area (Å²) in [7, 11) is 1.19. The summed E-state index contributed by atoms with van der Waals surface area (Å²) in [5.74, 6) is -0.530. The summed E-state index contributed by atoms with van der Waals surface area (Å²) in [6.45, 7) is 6.87. The van der Waals surface area contributed by atoms with E-state index >= 15 is 0 Å². The predicted octanol–water partition coefficient (Wildman–Crippen LogP) is 24.7. The van der Waals surface area contributed by atoms with Crippen molar-refractivity contribution >= 4 is 19.7 Å². The Morgan fingerprint density at radius 2 is 0.678 bits per heavy atom. The summed E-state index contributed by atoms with van der Waals surface area (Å²) >= 11 is 0. The molecule has 0 radical (unpaired) electrons. The van der Waals surface area contributed by atoms with Gasteiger partial charge in [0.1, 0.15) is 19.3 Å². The number of ether oxygens (including phenoxy) is 1. The topological polar surface area (TPSA) is 114 Å². The Hall–Kier alpha value is -2.29. The molecule has 0 heterocycles. The first-order valence-corrected chi connectivity index (χ1v) is 40.6. The zero-order valence-electron chi connectivity index (χ0n) is 60.6. The number of nitrogens with one attached hydrogen (secondary N) is 1. The Morgan fingerprint density at radius 3 is 1.03 bits per heavy atom. The van der Waals surface area contributed by atoms with Gasteiger partial charge in [0, 0.05) is 12.8 Å². The number of rotatable bonds is 72. The summed E-state index contributed by atoms with van der Waals surface area (Å²) in [4.78, 5) is 40.3. The van der Waals surface area contributed by atoms with Crippen LogP contribution in [0.1, 0.15) is 387 Å². The second-order valence-corrected chi connectivity index (χ2v) is 29.3. The minimum atomic E-state index is -4.71. The van der Waals surface area contributed by atoms with E-state index in [2.05, 4.69) is 74.7 Å². The van der Waals surface area contributed by atoms with E-state index in [1.807, 2.05) is 33.3 Å². The number of quaternary nitrogens is 1. The molecule has 90 heavy (non-hydrogen) atoms. The number of nitrogens with zero attached hydrogens (tertiary/aromatic N) is 1. The van der Waals surface area contributed by atoms with Crippen LogP contribution in [0.2, 0.25) is 0 Å². The van der Waals surface area contributed by atoms with Crippen LogP contribution in [0.4, 0.5) is 0 Å². The Balaban J connectivity index is 4.94. The van der Waals surface area contributed by atoms with E-state index in [0.29, 0.717) is 17.4 Å². The number of allylic oxidation sites excluding steroid dienone is 9. The summed E-state index contributed by atoms with van der Waals surface area (Å²) in [6, 6.07) is -0.893. The summed E-state index contributed by atoms with van der Waals surface area (Å²) in [5, 5.41) is 3.05. The zero-order chi connectivity index (χ0) is 65.6. The number of phosphoric acid groups is 1. The largest absolute Gasteiger partial charge is 0.756 e. The van der Waals surface area contributed by atoms with E-state index in [1.165, 1.54) is 263 Å². The molecule has 0 aliphatic heterocycles. The van der Waals surface area contributed by atoms with Gasteiger partial charge in [-0.05, 0) is 76.7 Å². The summed E-state index contributed by atoms with van der Waals surface area (Å²) < 4.78 is 30.5. The molecule has 0 aliphatic carbocycles. The van der Waals surface area contributed by atoms with E-state index in [4.69, 9.17) is 13.8 Å². The average molecular weight is 1280 g/mol. The highest BCUT2D eigenvalue weighted by Crippen LogP contribution is 2.38. The fourth-order valence-corrected chi connectivity index (χ4v) is 12.4. The standard InChI is InChI=1S/C80H151N2O7P/c1-7-10-13-16-19-22-25-28-30-32-34-36-38-40-41-43-45-47-49-51-53-55-58-61-64-67-70-73-80(84)89-78(71-68-65-62-59-56-27-24-21-18-15-12-9-3)77(76-88-90(85,86)87-75-74-82(4,5)6)81-79(83)72-69-66-63-60-57-54-52-50-48-46-44-42-39-37-35-33-31-29-26-23-20-17-14-11-8-2/h20,23,29,31,35,37,42,44,68,71,77-78H,7-19,21-22,24-28,30,32-34,36,38-41,43,45-67,69-70,72-76H2,1-6H3,(H-,81,83,85,86)/b23-20-,31-29-,37-35-,44-42-,71-68+. The van der Waals surface area contributed by atoms with E-state index in [-0.39, 0.29) is 31.5 Å². The van der Waals surface area contributed by atoms with Crippen molar-refractivity contribution in [1.82, 2.24) is 5.32 Å². The van der Waals surface area contributed by atoms with E-state index in [1.54, 1.807) is 0 Å². The molecule has 0 aliphatic rings. The van der Waals surface area contributed by atoms with Gasteiger partial charge in [0.15, 0.2) is 0 Å². The molecule has 9 nitrogen and oxygen atoms in total. The SMILES string of the molecule is CCCCC/C=C\C/C=C\C/C=C\C/C=C\CCCCCCCCCCCC(=O)NC(COP(=O)([O-])OCC[N+](C)(C)C)C(/C=C/CCCCCCCCCCCC)OC(=O)CCCCCCCCCCCCCCCCCCCCCCCCCCCCC. The Bertz CT molecular complexity index is 1720. The third-order valence-electron chi connectivity index (χ3n) is 17.7. The molecule has 10 heteroatoms. The lowest BCUT2D eigenvalue weighted by molar-refractivity contribution is -0.870. The van der Waals surface area contributed by atoms with Crippen molar-refractivity contribution in [3.05, 3.63) is 60.8 Å². The van der Waals surface area contributed by atoms with Crippen LogP contribution < -0.4 is 10.2 Å². The molecule has 0 saturated carbocycles. The predicted molar refractivity (Wildman–Crippen MR) is 390 cm³/mol. The van der Waals surface area contributed by atoms with Gasteiger partial charge in [-0.1, -0.05) is 358 Å². The van der Waals surface area contributed by atoms with Crippen LogP contribution in [0.15, 0.2) is 60.8 Å². The molecule has 528 valence electrons. The van der Waals surface area contributed by atoms with Gasteiger partial charge >= 0.3 is 5.97 Å². The minimum absolute atomic E-state index is 0.0229. The van der Waals surface area contributed by atoms with Gasteiger partial charge < -0.3 is 28.5 Å². The van der Waals surface area contributed by atoms with E-state index in [0.717, 1.165) is 89.9 Å². The second kappa shape index (κ2) is 69.5. The monoisotopic (exact) mass is 1280 g/mol. The fourth-order valence-electron chi connectivity index (χ4n) is 11.7. The Morgan fingerprint density at radius 1 is 0.389 bits per heavy atom. The minimum Gasteiger partial charge on any atom is -0.756 e. The lowest BCUT2D eigenvalue weighted by atomic mass is 10.0. The number of amides is 1. The maximum absolute atomic E-state index is 13.6. The van der Waals surface area contributed by atoms with E-state index < -0.39 is 20.0 Å². The van der Waals surface area contributed by atoms with Gasteiger partial charge in [-0.25, -0.2) is 0 Å². The van der Waals surface area contributed by atoms with Crippen LogP contribution in [-0.4, -0.2) is 69.4 Å². The number of carbonyl (C=O) groups excluding carboxylic acids is 2. The van der Waals surface area contributed by atoms with E-state index in [9.17, 15) is 19.0 Å². The van der Waals surface area contributed by atoms with Crippen molar-refractivity contribution < 1.29 is 37.3 Å². The molecule has 3 atom stereocenters. The molecule has 0 aromatic carbocycles. The summed E-state index contributed by atoms with van der Waals surface area (Å²) in [6.07, 6.45) is 90.8. The molecule has 0 fully saturated rings. The van der Waals surface area contributed by atoms with Gasteiger partial charge in [-0.15, -0.1) is 0 Å². The highest BCUT2D eigenvalue weighted by Gasteiger charge is 2.27. The molecule has 3 unspecified atom stereocenters. The molecular formula is C80H151N2O7P. The molecule has 0 saturated heterocycles. The maximum atomic E-state index is 13.6. The van der Waals surface area contributed by atoms with Gasteiger partial charge in [0.05, 0.1) is 33.8 Å². The van der Waals surface area contributed by atoms with Crippen molar-refractivity contribution in [2.24, 2.45) is 0 Å². The molecule has 0 bridgehead atoms. The summed E-state index contributed by atoms with van der Waals surface area (Å²) in [5.41, 5.74) is 0. The second-order valence-electron chi connectivity index (χ2n) is 27.9. The van der Waals surface area contributed by atoms with Crippen molar-refractivity contribution in [3.63, 3.8) is 0 Å². The number of phosphoric ester groups is 1. The smallest absolute Gasteiger partial charge is 0.306 e. The van der Waals surface area contributed by atoms with Crippen molar-refractivity contribution in [3.8, 4) is 0 Å². The van der Waals surface area contributed by atoms with Crippen molar-refractivity contribution in [2.75, 3.05) is 40.9 Å². The van der Waals surface area contributed by atoms with Crippen LogP contribution in [0, 0.1) is 0 Å². The first-order chi connectivity index (χ1) is 43.9. The van der Waals surface area contributed by atoms with Crippen LogP contribution >= 0.6 is 7.82 Å². The van der Waals surface area contributed by atoms with Gasteiger partial charge in [-0.2, -0.15) is 0 Å². The van der Waals surface area contributed by atoms with Crippen LogP contribution in [0.5, 0.6) is 0 Å². The van der Waals surface area contributed by atoms with Crippen molar-refractivity contribution in [1.29, 1.82) is 0 Å². The number of hydrogen-bond acceptors (Lipinski definition) is 7. The Labute approximate surface area is 560 Å². The third kappa shape index (κ3) is 70.0. The number of carbonyl (C=O) groups is 2. The van der Waals surface area contributed by atoms with Gasteiger partial charge in [0.2, 0.25) is 5.91 Å². The molecular weight excluding hydrogens is 1130 g/mol. The highest BCUT2D eigenvalue weighted by atomic mass is 31.2. The highest BCUT2D eigenvalue weighted by molar-refractivity contribution is 7.45.